The molecule has 5 atom stereocenters. The summed E-state index contributed by atoms with van der Waals surface area (Å²) in [4.78, 5) is 11.5. The van der Waals surface area contributed by atoms with Crippen LogP contribution >= 0.6 is 0 Å². The van der Waals surface area contributed by atoms with Gasteiger partial charge in [0.2, 0.25) is 0 Å². The van der Waals surface area contributed by atoms with Gasteiger partial charge >= 0.3 is 5.97 Å². The second kappa shape index (κ2) is 16.8. The molecule has 0 unspecified atom stereocenters. The Kier molecular flexibility index (Phi) is 12.6. The fourth-order valence-electron chi connectivity index (χ4n) is 4.87. The summed E-state index contributed by atoms with van der Waals surface area (Å²) in [6.45, 7) is 0.859. The average molecular weight is 561 g/mol. The van der Waals surface area contributed by atoms with Gasteiger partial charge in [-0.3, -0.25) is 4.79 Å². The molecule has 1 aliphatic heterocycles. The van der Waals surface area contributed by atoms with E-state index in [9.17, 15) is 9.90 Å². The maximum atomic E-state index is 11.5. The van der Waals surface area contributed by atoms with Crippen LogP contribution in [-0.4, -0.2) is 55.3 Å². The van der Waals surface area contributed by atoms with Crippen LogP contribution in [0, 0.1) is 0 Å². The smallest absolute Gasteiger partial charge is 0.305 e. The van der Waals surface area contributed by atoms with Gasteiger partial charge in [0.05, 0.1) is 39.6 Å². The largest absolute Gasteiger partial charge is 0.469 e. The molecule has 3 aromatic carbocycles. The predicted octanol–water partition coefficient (Wildman–Crippen LogP) is 5.40. The van der Waals surface area contributed by atoms with Crippen LogP contribution in [0.5, 0.6) is 0 Å². The molecule has 0 spiro atoms. The Labute approximate surface area is 242 Å². The van der Waals surface area contributed by atoms with Crippen molar-refractivity contribution in [3.63, 3.8) is 0 Å². The van der Waals surface area contributed by atoms with Gasteiger partial charge in [0.1, 0.15) is 24.4 Å². The summed E-state index contributed by atoms with van der Waals surface area (Å²) in [7, 11) is 1.39. The van der Waals surface area contributed by atoms with Crippen molar-refractivity contribution < 1.29 is 33.6 Å². The molecular formula is C34H40O7. The van der Waals surface area contributed by atoms with Gasteiger partial charge in [0.15, 0.2) is 0 Å². The highest BCUT2D eigenvalue weighted by atomic mass is 16.6. The van der Waals surface area contributed by atoms with Crippen molar-refractivity contribution in [3.05, 3.63) is 120 Å². The van der Waals surface area contributed by atoms with Crippen LogP contribution in [0.1, 0.15) is 36.0 Å². The van der Waals surface area contributed by atoms with E-state index in [2.05, 4.69) is 0 Å². The molecule has 0 radical (unpaired) electrons. The first-order chi connectivity index (χ1) is 20.2. The van der Waals surface area contributed by atoms with E-state index in [-0.39, 0.29) is 12.6 Å². The van der Waals surface area contributed by atoms with Gasteiger partial charge in [0.25, 0.3) is 0 Å². The molecular weight excluding hydrogens is 520 g/mol. The van der Waals surface area contributed by atoms with E-state index in [1.54, 1.807) is 0 Å². The number of hydrogen-bond donors (Lipinski definition) is 1. The van der Waals surface area contributed by atoms with E-state index in [1.807, 2.05) is 103 Å². The summed E-state index contributed by atoms with van der Waals surface area (Å²) in [5.74, 6) is -0.249. The number of aliphatic hydroxyl groups is 1. The number of carbonyl (C=O) groups excluding carboxylic acids is 1. The highest BCUT2D eigenvalue weighted by molar-refractivity contribution is 5.69. The fraction of sp³-hybridized carbons (Fsp3) is 0.382. The number of rotatable bonds is 15. The maximum absolute atomic E-state index is 11.5. The third kappa shape index (κ3) is 9.63. The van der Waals surface area contributed by atoms with Gasteiger partial charge < -0.3 is 28.8 Å². The first-order valence-electron chi connectivity index (χ1n) is 14.1. The Balaban J connectivity index is 1.57. The van der Waals surface area contributed by atoms with Crippen LogP contribution < -0.4 is 0 Å². The molecule has 7 heteroatoms. The van der Waals surface area contributed by atoms with Crippen molar-refractivity contribution in [1.29, 1.82) is 0 Å². The van der Waals surface area contributed by atoms with E-state index in [4.69, 9.17) is 23.7 Å². The summed E-state index contributed by atoms with van der Waals surface area (Å²) in [6, 6.07) is 29.8. The van der Waals surface area contributed by atoms with Gasteiger partial charge in [-0.05, 0) is 29.5 Å². The van der Waals surface area contributed by atoms with E-state index in [0.717, 1.165) is 16.7 Å². The highest BCUT2D eigenvalue weighted by Crippen LogP contribution is 2.32. The Bertz CT molecular complexity index is 1170. The van der Waals surface area contributed by atoms with Crippen LogP contribution in [0.4, 0.5) is 0 Å². The molecule has 0 amide bonds. The summed E-state index contributed by atoms with van der Waals surface area (Å²) < 4.78 is 30.7. The molecule has 7 nitrogen and oxygen atoms in total. The number of carbonyl (C=O) groups is 1. The number of ether oxygens (including phenoxy) is 5. The quantitative estimate of drug-likeness (QED) is 0.197. The number of esters is 1. The zero-order valence-electron chi connectivity index (χ0n) is 23.5. The summed E-state index contributed by atoms with van der Waals surface area (Å²) >= 11 is 0. The molecule has 1 N–H and O–H groups in total. The number of benzene rings is 3. The van der Waals surface area contributed by atoms with Crippen molar-refractivity contribution in [2.75, 3.05) is 13.7 Å². The predicted molar refractivity (Wildman–Crippen MR) is 156 cm³/mol. The van der Waals surface area contributed by atoms with Crippen molar-refractivity contribution in [2.45, 2.75) is 69.6 Å². The molecule has 1 heterocycles. The number of allylic oxidation sites excluding steroid dienone is 1. The Morgan fingerprint density at radius 3 is 1.63 bits per heavy atom. The normalized spacial score (nSPS) is 22.5. The van der Waals surface area contributed by atoms with E-state index in [1.165, 1.54) is 7.11 Å². The van der Waals surface area contributed by atoms with Gasteiger partial charge in [-0.25, -0.2) is 0 Å². The Morgan fingerprint density at radius 1 is 0.707 bits per heavy atom. The topological polar surface area (TPSA) is 83.5 Å². The summed E-state index contributed by atoms with van der Waals surface area (Å²) in [5, 5.41) is 10.4. The van der Waals surface area contributed by atoms with Crippen LogP contribution in [0.2, 0.25) is 0 Å². The number of methoxy groups -OCH3 is 1. The van der Waals surface area contributed by atoms with Gasteiger partial charge in [-0.15, -0.1) is 0 Å². The lowest BCUT2D eigenvalue weighted by Gasteiger charge is -2.46. The molecule has 4 rings (SSSR count). The number of aliphatic hydroxyl groups excluding tert-OH is 1. The van der Waals surface area contributed by atoms with Crippen molar-refractivity contribution in [1.82, 2.24) is 0 Å². The summed E-state index contributed by atoms with van der Waals surface area (Å²) in [5.41, 5.74) is 3.08. The SMILES string of the molecule is COC(=O)CC/C=C\C[C@H]1O[C@H](CO)[C@H](OCc2ccccc2)[C@H](OCc2ccccc2)[C@H]1OCc1ccccc1. The minimum atomic E-state index is -0.607. The first-order valence-corrected chi connectivity index (χ1v) is 14.1. The van der Waals surface area contributed by atoms with Gasteiger partial charge in [-0.1, -0.05) is 103 Å². The monoisotopic (exact) mass is 560 g/mol. The van der Waals surface area contributed by atoms with Crippen LogP contribution in [0.3, 0.4) is 0 Å². The molecule has 0 aliphatic carbocycles. The minimum absolute atomic E-state index is 0.224. The Morgan fingerprint density at radius 2 is 1.17 bits per heavy atom. The van der Waals surface area contributed by atoms with E-state index >= 15 is 0 Å². The second-order valence-corrected chi connectivity index (χ2v) is 10.0. The molecule has 3 aromatic rings. The maximum Gasteiger partial charge on any atom is 0.305 e. The van der Waals surface area contributed by atoms with Gasteiger partial charge in [-0.2, -0.15) is 0 Å². The van der Waals surface area contributed by atoms with Crippen LogP contribution in [0.25, 0.3) is 0 Å². The lowest BCUT2D eigenvalue weighted by molar-refractivity contribution is -0.269. The molecule has 0 saturated carbocycles. The van der Waals surface area contributed by atoms with Crippen molar-refractivity contribution in [3.8, 4) is 0 Å². The third-order valence-electron chi connectivity index (χ3n) is 7.04. The molecule has 1 fully saturated rings. The fourth-order valence-corrected chi connectivity index (χ4v) is 4.87. The van der Waals surface area contributed by atoms with E-state index in [0.29, 0.717) is 39.1 Å². The van der Waals surface area contributed by atoms with Crippen LogP contribution in [-0.2, 0) is 48.3 Å². The van der Waals surface area contributed by atoms with Gasteiger partial charge in [0, 0.05) is 6.42 Å². The molecule has 1 aliphatic rings. The van der Waals surface area contributed by atoms with Crippen molar-refractivity contribution >= 4 is 5.97 Å². The molecule has 41 heavy (non-hydrogen) atoms. The standard InChI is InChI=1S/C34H40O7/c1-37-31(36)21-13-5-12-20-29-32(38-23-26-14-6-2-7-15-26)34(40-25-28-18-10-4-11-19-28)33(30(22-35)41-29)39-24-27-16-8-3-9-17-27/h2-12,14-19,29-30,32-35H,13,20-25H2,1H3/b12-5-/t29-,30-,32+,33+,34-/m1/s1. The highest BCUT2D eigenvalue weighted by Gasteiger charge is 2.47. The Hall–Kier alpha value is -3.33. The molecule has 0 aromatic heterocycles. The number of hydrogen-bond acceptors (Lipinski definition) is 7. The van der Waals surface area contributed by atoms with Crippen molar-refractivity contribution in [2.24, 2.45) is 0 Å². The zero-order valence-corrected chi connectivity index (χ0v) is 23.5. The minimum Gasteiger partial charge on any atom is -0.469 e. The zero-order chi connectivity index (χ0) is 28.7. The lowest BCUT2D eigenvalue weighted by atomic mass is 9.92. The molecule has 0 bridgehead atoms. The lowest BCUT2D eigenvalue weighted by Crippen LogP contribution is -2.60. The summed E-state index contributed by atoms with van der Waals surface area (Å²) in [6.07, 6.45) is 2.76. The third-order valence-corrected chi connectivity index (χ3v) is 7.04. The second-order valence-electron chi connectivity index (χ2n) is 10.0. The van der Waals surface area contributed by atoms with Crippen LogP contribution in [0.15, 0.2) is 103 Å². The average Bonchev–Trinajstić information content (AvgIpc) is 3.03. The first kappa shape index (κ1) is 30.6. The molecule has 218 valence electrons. The van der Waals surface area contributed by atoms with E-state index < -0.39 is 30.5 Å². The molecule has 1 saturated heterocycles.